The first-order chi connectivity index (χ1) is 13.5. The number of methoxy groups -OCH3 is 1. The summed E-state index contributed by atoms with van der Waals surface area (Å²) in [5.41, 5.74) is 1.97. The number of rotatable bonds is 7. The molecule has 1 heterocycles. The van der Waals surface area contributed by atoms with Gasteiger partial charge in [-0.05, 0) is 24.3 Å². The van der Waals surface area contributed by atoms with Crippen LogP contribution < -0.4 is 20.5 Å². The highest BCUT2D eigenvalue weighted by molar-refractivity contribution is 6.32. The molecule has 2 N–H and O–H groups in total. The number of anilines is 1. The summed E-state index contributed by atoms with van der Waals surface area (Å²) in [7, 11) is 5.82. The molecule has 146 valence electrons. The highest BCUT2D eigenvalue weighted by Crippen LogP contribution is 2.20. The van der Waals surface area contributed by atoms with Gasteiger partial charge in [-0.3, -0.25) is 4.79 Å². The molecule has 3 aromatic rings. The Morgan fingerprint density at radius 3 is 2.61 bits per heavy atom. The molecule has 2 aromatic carbocycles. The molecule has 3 rings (SSSR count). The Balaban J connectivity index is 1.82. The van der Waals surface area contributed by atoms with E-state index in [1.165, 1.54) is 9.58 Å². The summed E-state index contributed by atoms with van der Waals surface area (Å²) >= 11 is 6.34. The number of nitrogens with zero attached hydrogens (tertiary/aromatic N) is 2. The lowest BCUT2D eigenvalue weighted by atomic mass is 10.1. The first-order valence-corrected chi connectivity index (χ1v) is 9.40. The molecular formula is C21H24ClN4O2+. The minimum absolute atomic E-state index is 0.122. The molecule has 0 radical (unpaired) electrons. The SMILES string of the molecule is COc1cccc([C@@H](CNc2cnn(-c3ccccc3)c(=O)c2Cl)[NH+](C)C)c1. The summed E-state index contributed by atoms with van der Waals surface area (Å²) in [5, 5.41) is 7.67. The molecule has 0 saturated heterocycles. The quantitative estimate of drug-likeness (QED) is 0.639. The Morgan fingerprint density at radius 2 is 1.93 bits per heavy atom. The molecule has 28 heavy (non-hydrogen) atoms. The molecule has 6 nitrogen and oxygen atoms in total. The van der Waals surface area contributed by atoms with Crippen LogP contribution in [0, 0.1) is 0 Å². The largest absolute Gasteiger partial charge is 0.497 e. The van der Waals surface area contributed by atoms with Crippen LogP contribution in [0.4, 0.5) is 5.69 Å². The second kappa shape index (κ2) is 8.91. The maximum Gasteiger partial charge on any atom is 0.292 e. The monoisotopic (exact) mass is 399 g/mol. The van der Waals surface area contributed by atoms with Gasteiger partial charge in [0.25, 0.3) is 5.56 Å². The molecule has 0 amide bonds. The van der Waals surface area contributed by atoms with Crippen molar-refractivity contribution in [1.82, 2.24) is 9.78 Å². The smallest absolute Gasteiger partial charge is 0.292 e. The molecule has 0 aliphatic carbocycles. The lowest BCUT2D eigenvalue weighted by Gasteiger charge is -2.23. The third-order valence-corrected chi connectivity index (χ3v) is 4.97. The van der Waals surface area contributed by atoms with Crippen LogP contribution in [0.15, 0.2) is 65.6 Å². The maximum atomic E-state index is 12.6. The van der Waals surface area contributed by atoms with Crippen molar-refractivity contribution in [2.75, 3.05) is 33.1 Å². The van der Waals surface area contributed by atoms with E-state index in [0.29, 0.717) is 17.9 Å². The number of quaternary nitrogens is 1. The molecule has 0 aliphatic rings. The third-order valence-electron chi connectivity index (χ3n) is 4.61. The van der Waals surface area contributed by atoms with Crippen LogP contribution in [-0.2, 0) is 0 Å². The molecule has 1 atom stereocenters. The van der Waals surface area contributed by atoms with Gasteiger partial charge in [0.05, 0.1) is 45.3 Å². The molecule has 0 aliphatic heterocycles. The van der Waals surface area contributed by atoms with E-state index in [4.69, 9.17) is 16.3 Å². The van der Waals surface area contributed by atoms with Crippen molar-refractivity contribution >= 4 is 17.3 Å². The normalized spacial score (nSPS) is 12.0. The number of nitrogens with one attached hydrogen (secondary N) is 2. The van der Waals surface area contributed by atoms with Crippen molar-refractivity contribution in [3.05, 3.63) is 81.7 Å². The number of likely N-dealkylation sites (N-methyl/N-ethyl adjacent to an activating group) is 1. The van der Waals surface area contributed by atoms with Gasteiger partial charge < -0.3 is 15.0 Å². The number of halogens is 1. The number of ether oxygens (including phenoxy) is 1. The van der Waals surface area contributed by atoms with Crippen molar-refractivity contribution in [3.63, 3.8) is 0 Å². The van der Waals surface area contributed by atoms with Crippen molar-refractivity contribution in [3.8, 4) is 11.4 Å². The fraction of sp³-hybridized carbons (Fsp3) is 0.238. The van der Waals surface area contributed by atoms with Gasteiger partial charge >= 0.3 is 0 Å². The van der Waals surface area contributed by atoms with Crippen LogP contribution in [-0.4, -0.2) is 37.5 Å². The number of hydrogen-bond acceptors (Lipinski definition) is 4. The van der Waals surface area contributed by atoms with Crippen LogP contribution in [0.3, 0.4) is 0 Å². The topological polar surface area (TPSA) is 60.6 Å². The molecule has 0 spiro atoms. The molecular weight excluding hydrogens is 376 g/mol. The Bertz CT molecular complexity index is 989. The van der Waals surface area contributed by atoms with Gasteiger partial charge in [0.15, 0.2) is 0 Å². The molecule has 0 fully saturated rings. The zero-order chi connectivity index (χ0) is 20.1. The lowest BCUT2D eigenvalue weighted by Crippen LogP contribution is -3.06. The maximum absolute atomic E-state index is 12.6. The van der Waals surface area contributed by atoms with Crippen LogP contribution in [0.5, 0.6) is 5.75 Å². The van der Waals surface area contributed by atoms with Gasteiger partial charge in [0, 0.05) is 5.56 Å². The first-order valence-electron chi connectivity index (χ1n) is 9.02. The summed E-state index contributed by atoms with van der Waals surface area (Å²) in [5.74, 6) is 0.814. The minimum atomic E-state index is -0.354. The molecule has 0 saturated carbocycles. The third kappa shape index (κ3) is 4.35. The van der Waals surface area contributed by atoms with E-state index >= 15 is 0 Å². The summed E-state index contributed by atoms with van der Waals surface area (Å²) in [6.45, 7) is 0.589. The van der Waals surface area contributed by atoms with Gasteiger partial charge in [-0.15, -0.1) is 0 Å². The summed E-state index contributed by atoms with van der Waals surface area (Å²) in [6, 6.07) is 17.3. The van der Waals surface area contributed by atoms with Gasteiger partial charge in [-0.2, -0.15) is 9.78 Å². The fourth-order valence-corrected chi connectivity index (χ4v) is 3.23. The number of aromatic nitrogens is 2. The van der Waals surface area contributed by atoms with E-state index in [-0.39, 0.29) is 16.6 Å². The lowest BCUT2D eigenvalue weighted by molar-refractivity contribution is -0.890. The second-order valence-corrected chi connectivity index (χ2v) is 7.09. The highest BCUT2D eigenvalue weighted by Gasteiger charge is 2.19. The van der Waals surface area contributed by atoms with E-state index in [0.717, 1.165) is 11.3 Å². The van der Waals surface area contributed by atoms with E-state index in [9.17, 15) is 4.79 Å². The minimum Gasteiger partial charge on any atom is -0.497 e. The predicted molar refractivity (Wildman–Crippen MR) is 112 cm³/mol. The second-order valence-electron chi connectivity index (χ2n) is 6.71. The molecule has 7 heteroatoms. The van der Waals surface area contributed by atoms with Gasteiger partial charge in [-0.1, -0.05) is 41.9 Å². The fourth-order valence-electron chi connectivity index (χ4n) is 3.03. The summed E-state index contributed by atoms with van der Waals surface area (Å²) in [6.07, 6.45) is 1.59. The number of para-hydroxylation sites is 1. The molecule has 0 unspecified atom stereocenters. The molecule has 0 bridgehead atoms. The van der Waals surface area contributed by atoms with Gasteiger partial charge in [0.1, 0.15) is 16.8 Å². The Morgan fingerprint density at radius 1 is 1.18 bits per heavy atom. The average Bonchev–Trinajstić information content (AvgIpc) is 2.72. The van der Waals surface area contributed by atoms with Crippen molar-refractivity contribution in [2.45, 2.75) is 6.04 Å². The van der Waals surface area contributed by atoms with Crippen LogP contribution in [0.2, 0.25) is 5.02 Å². The van der Waals surface area contributed by atoms with E-state index in [1.807, 2.05) is 48.5 Å². The highest BCUT2D eigenvalue weighted by atomic mass is 35.5. The summed E-state index contributed by atoms with van der Waals surface area (Å²) in [4.78, 5) is 13.9. The predicted octanol–water partition coefficient (Wildman–Crippen LogP) is 2.19. The van der Waals surface area contributed by atoms with Crippen LogP contribution in [0.25, 0.3) is 5.69 Å². The first kappa shape index (κ1) is 19.9. The van der Waals surface area contributed by atoms with E-state index in [1.54, 1.807) is 13.3 Å². The number of benzene rings is 2. The van der Waals surface area contributed by atoms with Crippen molar-refractivity contribution in [2.24, 2.45) is 0 Å². The van der Waals surface area contributed by atoms with Crippen LogP contribution in [0.1, 0.15) is 11.6 Å². The zero-order valence-electron chi connectivity index (χ0n) is 16.1. The Hall–Kier alpha value is -2.83. The van der Waals surface area contributed by atoms with Crippen molar-refractivity contribution in [1.29, 1.82) is 0 Å². The zero-order valence-corrected chi connectivity index (χ0v) is 16.9. The number of hydrogen-bond donors (Lipinski definition) is 2. The Kier molecular flexibility index (Phi) is 6.34. The summed E-state index contributed by atoms with van der Waals surface area (Å²) < 4.78 is 6.63. The van der Waals surface area contributed by atoms with E-state index in [2.05, 4.69) is 30.6 Å². The molecule has 1 aromatic heterocycles. The Labute approximate surface area is 169 Å². The van der Waals surface area contributed by atoms with Crippen molar-refractivity contribution < 1.29 is 9.64 Å². The van der Waals surface area contributed by atoms with Gasteiger partial charge in [0.2, 0.25) is 0 Å². The van der Waals surface area contributed by atoms with Crippen LogP contribution >= 0.6 is 11.6 Å². The van der Waals surface area contributed by atoms with Gasteiger partial charge in [-0.25, -0.2) is 0 Å². The van der Waals surface area contributed by atoms with E-state index < -0.39 is 0 Å². The average molecular weight is 400 g/mol. The standard InChI is InChI=1S/C21H23ClN4O2/c1-25(2)19(15-8-7-11-17(12-15)28-3)14-23-18-13-24-26(21(27)20(18)22)16-9-5-4-6-10-16/h4-13,19,23H,14H2,1-3H3/p+1/t19-/m1/s1.